The van der Waals surface area contributed by atoms with Crippen molar-refractivity contribution in [2.45, 2.75) is 33.6 Å². The van der Waals surface area contributed by atoms with Gasteiger partial charge in [-0.2, -0.15) is 4.98 Å². The zero-order valence-electron chi connectivity index (χ0n) is 11.7. The van der Waals surface area contributed by atoms with Crippen LogP contribution in [-0.2, 0) is 0 Å². The second-order valence-electron chi connectivity index (χ2n) is 5.68. The highest BCUT2D eigenvalue weighted by atomic mass is 15.2. The minimum atomic E-state index is 0.605. The SMILES string of the molecule is CC(C)CNc1nccc(N2CCC(C)CC2)n1. The number of hydrogen-bond donors (Lipinski definition) is 1. The average Bonchev–Trinajstić information content (AvgIpc) is 2.37. The van der Waals surface area contributed by atoms with Crippen LogP contribution in [0.2, 0.25) is 0 Å². The fourth-order valence-electron chi connectivity index (χ4n) is 2.14. The summed E-state index contributed by atoms with van der Waals surface area (Å²) in [6.45, 7) is 9.84. The van der Waals surface area contributed by atoms with Crippen molar-refractivity contribution in [2.24, 2.45) is 11.8 Å². The van der Waals surface area contributed by atoms with Gasteiger partial charge in [-0.25, -0.2) is 4.98 Å². The first-order valence-electron chi connectivity index (χ1n) is 6.97. The van der Waals surface area contributed by atoms with Crippen molar-refractivity contribution in [3.63, 3.8) is 0 Å². The van der Waals surface area contributed by atoms with Gasteiger partial charge in [-0.1, -0.05) is 20.8 Å². The molecule has 0 spiro atoms. The van der Waals surface area contributed by atoms with Gasteiger partial charge in [-0.3, -0.25) is 0 Å². The van der Waals surface area contributed by atoms with Crippen LogP contribution < -0.4 is 10.2 Å². The van der Waals surface area contributed by atoms with Crippen molar-refractivity contribution >= 4 is 11.8 Å². The monoisotopic (exact) mass is 248 g/mol. The highest BCUT2D eigenvalue weighted by molar-refractivity contribution is 5.42. The molecule has 1 aliphatic rings. The molecular weight excluding hydrogens is 224 g/mol. The van der Waals surface area contributed by atoms with Crippen molar-refractivity contribution in [2.75, 3.05) is 29.9 Å². The van der Waals surface area contributed by atoms with Crippen molar-refractivity contribution in [3.8, 4) is 0 Å². The molecule has 1 N–H and O–H groups in total. The Morgan fingerprint density at radius 3 is 2.78 bits per heavy atom. The van der Waals surface area contributed by atoms with Crippen LogP contribution in [-0.4, -0.2) is 29.6 Å². The fourth-order valence-corrected chi connectivity index (χ4v) is 2.14. The Kier molecular flexibility index (Phi) is 4.39. The van der Waals surface area contributed by atoms with E-state index in [2.05, 4.69) is 41.0 Å². The molecule has 0 aliphatic carbocycles. The summed E-state index contributed by atoms with van der Waals surface area (Å²) in [7, 11) is 0. The molecule has 100 valence electrons. The van der Waals surface area contributed by atoms with Crippen molar-refractivity contribution in [3.05, 3.63) is 12.3 Å². The van der Waals surface area contributed by atoms with Gasteiger partial charge >= 0.3 is 0 Å². The molecule has 4 nitrogen and oxygen atoms in total. The number of nitrogens with one attached hydrogen (secondary N) is 1. The van der Waals surface area contributed by atoms with Crippen LogP contribution in [0.4, 0.5) is 11.8 Å². The number of nitrogens with zero attached hydrogens (tertiary/aromatic N) is 3. The molecule has 4 heteroatoms. The van der Waals surface area contributed by atoms with Crippen LogP contribution in [0, 0.1) is 11.8 Å². The number of hydrogen-bond acceptors (Lipinski definition) is 4. The van der Waals surface area contributed by atoms with Gasteiger partial charge in [-0.15, -0.1) is 0 Å². The van der Waals surface area contributed by atoms with E-state index in [1.807, 2.05) is 12.3 Å². The summed E-state index contributed by atoms with van der Waals surface area (Å²) >= 11 is 0. The average molecular weight is 248 g/mol. The van der Waals surface area contributed by atoms with Crippen LogP contribution in [0.3, 0.4) is 0 Å². The van der Waals surface area contributed by atoms with Gasteiger partial charge in [0, 0.05) is 25.8 Å². The molecule has 1 aromatic rings. The maximum absolute atomic E-state index is 4.60. The topological polar surface area (TPSA) is 41.1 Å². The lowest BCUT2D eigenvalue weighted by molar-refractivity contribution is 0.436. The van der Waals surface area contributed by atoms with E-state index < -0.39 is 0 Å². The Morgan fingerprint density at radius 1 is 1.39 bits per heavy atom. The molecular formula is C14H24N4. The summed E-state index contributed by atoms with van der Waals surface area (Å²) in [5.74, 6) is 3.26. The van der Waals surface area contributed by atoms with Gasteiger partial charge in [-0.05, 0) is 30.7 Å². The molecule has 0 unspecified atom stereocenters. The third kappa shape index (κ3) is 3.59. The first kappa shape index (κ1) is 13.1. The molecule has 0 atom stereocenters. The highest BCUT2D eigenvalue weighted by Crippen LogP contribution is 2.21. The van der Waals surface area contributed by atoms with Crippen LogP contribution >= 0.6 is 0 Å². The van der Waals surface area contributed by atoms with Gasteiger partial charge in [0.15, 0.2) is 0 Å². The maximum atomic E-state index is 4.60. The Labute approximate surface area is 110 Å². The van der Waals surface area contributed by atoms with E-state index in [1.165, 1.54) is 12.8 Å². The molecule has 1 aliphatic heterocycles. The molecule has 1 aromatic heterocycles. The third-order valence-corrected chi connectivity index (χ3v) is 3.42. The molecule has 2 heterocycles. The zero-order valence-corrected chi connectivity index (χ0v) is 11.7. The number of aromatic nitrogens is 2. The largest absolute Gasteiger partial charge is 0.356 e. The molecule has 0 saturated carbocycles. The Hall–Kier alpha value is -1.32. The normalized spacial score (nSPS) is 17.2. The van der Waals surface area contributed by atoms with Crippen LogP contribution in [0.5, 0.6) is 0 Å². The van der Waals surface area contributed by atoms with E-state index in [0.29, 0.717) is 5.92 Å². The second kappa shape index (κ2) is 6.03. The molecule has 1 saturated heterocycles. The van der Waals surface area contributed by atoms with Gasteiger partial charge in [0.25, 0.3) is 0 Å². The van der Waals surface area contributed by atoms with E-state index in [-0.39, 0.29) is 0 Å². The Morgan fingerprint density at radius 2 is 2.11 bits per heavy atom. The molecule has 18 heavy (non-hydrogen) atoms. The van der Waals surface area contributed by atoms with Crippen molar-refractivity contribution in [1.82, 2.24) is 9.97 Å². The first-order chi connectivity index (χ1) is 8.65. The second-order valence-corrected chi connectivity index (χ2v) is 5.68. The van der Waals surface area contributed by atoms with Gasteiger partial charge in [0.05, 0.1) is 0 Å². The molecule has 0 aromatic carbocycles. The van der Waals surface area contributed by atoms with Gasteiger partial charge in [0.1, 0.15) is 5.82 Å². The summed E-state index contributed by atoms with van der Waals surface area (Å²) in [5.41, 5.74) is 0. The minimum absolute atomic E-state index is 0.605. The number of rotatable bonds is 4. The van der Waals surface area contributed by atoms with E-state index in [1.54, 1.807) is 0 Å². The lowest BCUT2D eigenvalue weighted by atomic mass is 9.99. The zero-order chi connectivity index (χ0) is 13.0. The molecule has 0 bridgehead atoms. The smallest absolute Gasteiger partial charge is 0.224 e. The van der Waals surface area contributed by atoms with E-state index in [0.717, 1.165) is 37.3 Å². The summed E-state index contributed by atoms with van der Waals surface area (Å²) in [4.78, 5) is 11.2. The first-order valence-corrected chi connectivity index (χ1v) is 6.97. The van der Waals surface area contributed by atoms with E-state index in [4.69, 9.17) is 0 Å². The molecule has 0 radical (unpaired) electrons. The van der Waals surface area contributed by atoms with E-state index in [9.17, 15) is 0 Å². The predicted molar refractivity (Wildman–Crippen MR) is 76.0 cm³/mol. The standard InChI is InChI=1S/C14H24N4/c1-11(2)10-16-14-15-7-4-13(17-14)18-8-5-12(3)6-9-18/h4,7,11-12H,5-6,8-10H2,1-3H3,(H,15,16,17). The Bertz CT molecular complexity index is 370. The van der Waals surface area contributed by atoms with Crippen molar-refractivity contribution < 1.29 is 0 Å². The quantitative estimate of drug-likeness (QED) is 0.889. The number of anilines is 2. The van der Waals surface area contributed by atoms with Crippen molar-refractivity contribution in [1.29, 1.82) is 0 Å². The number of piperidine rings is 1. The summed E-state index contributed by atoms with van der Waals surface area (Å²) in [6, 6.07) is 2.01. The lowest BCUT2D eigenvalue weighted by Crippen LogP contribution is -2.33. The van der Waals surface area contributed by atoms with Gasteiger partial charge < -0.3 is 10.2 Å². The summed E-state index contributed by atoms with van der Waals surface area (Å²) in [5, 5.41) is 3.28. The fraction of sp³-hybridized carbons (Fsp3) is 0.714. The summed E-state index contributed by atoms with van der Waals surface area (Å²) in [6.07, 6.45) is 4.38. The minimum Gasteiger partial charge on any atom is -0.356 e. The Balaban J connectivity index is 1.98. The van der Waals surface area contributed by atoms with Crippen LogP contribution in [0.1, 0.15) is 33.6 Å². The molecule has 2 rings (SSSR count). The van der Waals surface area contributed by atoms with E-state index >= 15 is 0 Å². The molecule has 1 fully saturated rings. The lowest BCUT2D eigenvalue weighted by Gasteiger charge is -2.31. The highest BCUT2D eigenvalue weighted by Gasteiger charge is 2.17. The molecule has 0 amide bonds. The van der Waals surface area contributed by atoms with Crippen LogP contribution in [0.15, 0.2) is 12.3 Å². The predicted octanol–water partition coefficient (Wildman–Crippen LogP) is 2.78. The van der Waals surface area contributed by atoms with Crippen LogP contribution in [0.25, 0.3) is 0 Å². The summed E-state index contributed by atoms with van der Waals surface area (Å²) < 4.78 is 0. The third-order valence-electron chi connectivity index (χ3n) is 3.42. The maximum Gasteiger partial charge on any atom is 0.224 e. The van der Waals surface area contributed by atoms with Gasteiger partial charge in [0.2, 0.25) is 5.95 Å².